The Morgan fingerprint density at radius 1 is 1.35 bits per heavy atom. The number of rotatable bonds is 7. The van der Waals surface area contributed by atoms with Crippen molar-refractivity contribution in [2.45, 2.75) is 31.8 Å². The molecule has 0 radical (unpaired) electrons. The van der Waals surface area contributed by atoms with Crippen molar-refractivity contribution < 1.29 is 14.6 Å². The second kappa shape index (κ2) is 7.62. The van der Waals surface area contributed by atoms with Crippen LogP contribution < -0.4 is 10.1 Å². The van der Waals surface area contributed by atoms with Crippen LogP contribution >= 0.6 is 11.3 Å². The molecule has 2 N–H and O–H groups in total. The molecule has 2 atom stereocenters. The van der Waals surface area contributed by atoms with Gasteiger partial charge in [-0.15, -0.1) is 11.3 Å². The summed E-state index contributed by atoms with van der Waals surface area (Å²) in [6.45, 7) is 3.89. The molecule has 23 heavy (non-hydrogen) atoms. The molecule has 0 saturated heterocycles. The van der Waals surface area contributed by atoms with E-state index in [0.717, 1.165) is 16.2 Å². The van der Waals surface area contributed by atoms with Gasteiger partial charge in [0.1, 0.15) is 11.4 Å². The third-order valence-electron chi connectivity index (χ3n) is 3.90. The summed E-state index contributed by atoms with van der Waals surface area (Å²) < 4.78 is 5.14. The van der Waals surface area contributed by atoms with Crippen LogP contribution in [0.5, 0.6) is 5.75 Å². The summed E-state index contributed by atoms with van der Waals surface area (Å²) >= 11 is 1.48. The second-order valence-electron chi connectivity index (χ2n) is 5.70. The predicted octanol–water partition coefficient (Wildman–Crippen LogP) is 3.27. The average Bonchev–Trinajstić information content (AvgIpc) is 3.10. The highest BCUT2D eigenvalue weighted by Gasteiger charge is 2.27. The van der Waals surface area contributed by atoms with Crippen molar-refractivity contribution in [1.82, 2.24) is 5.32 Å². The molecule has 0 aliphatic rings. The molecular weight excluding hydrogens is 310 g/mol. The number of hydrogen-bond donors (Lipinski definition) is 2. The van der Waals surface area contributed by atoms with Gasteiger partial charge in [-0.1, -0.05) is 25.1 Å². The van der Waals surface area contributed by atoms with E-state index in [1.165, 1.54) is 11.3 Å². The summed E-state index contributed by atoms with van der Waals surface area (Å²) in [5.74, 6) is 0.458. The van der Waals surface area contributed by atoms with Crippen LogP contribution in [0.15, 0.2) is 41.8 Å². The van der Waals surface area contributed by atoms with Crippen molar-refractivity contribution >= 4 is 17.2 Å². The Bertz CT molecular complexity index is 620. The minimum absolute atomic E-state index is 0.0745. The number of aliphatic hydroxyl groups is 1. The zero-order chi connectivity index (χ0) is 16.9. The molecule has 0 aliphatic heterocycles. The van der Waals surface area contributed by atoms with Crippen molar-refractivity contribution in [2.75, 3.05) is 13.7 Å². The maximum atomic E-state index is 12.5. The Kier molecular flexibility index (Phi) is 5.80. The summed E-state index contributed by atoms with van der Waals surface area (Å²) in [5.41, 5.74) is -0.108. The van der Waals surface area contributed by atoms with Crippen LogP contribution in [0.1, 0.15) is 36.6 Å². The lowest BCUT2D eigenvalue weighted by atomic mass is 9.95. The number of nitrogens with one attached hydrogen (secondary N) is 1. The fourth-order valence-corrected chi connectivity index (χ4v) is 3.25. The van der Waals surface area contributed by atoms with Crippen LogP contribution in [0, 0.1) is 0 Å². The zero-order valence-electron chi connectivity index (χ0n) is 13.7. The fraction of sp³-hybridized carbons (Fsp3) is 0.389. The van der Waals surface area contributed by atoms with E-state index in [0.29, 0.717) is 6.42 Å². The molecule has 4 nitrogen and oxygen atoms in total. The van der Waals surface area contributed by atoms with Crippen molar-refractivity contribution in [3.63, 3.8) is 0 Å². The molecule has 1 aromatic carbocycles. The SMILES string of the molecule is CCC(C(=O)NCC(C)(O)c1cccs1)c1ccc(OC)cc1. The van der Waals surface area contributed by atoms with Crippen molar-refractivity contribution in [3.05, 3.63) is 52.2 Å². The molecule has 2 aromatic rings. The molecule has 124 valence electrons. The van der Waals surface area contributed by atoms with Gasteiger partial charge in [0.15, 0.2) is 0 Å². The number of carbonyl (C=O) groups is 1. The van der Waals surface area contributed by atoms with Gasteiger partial charge in [-0.25, -0.2) is 0 Å². The fourth-order valence-electron chi connectivity index (χ4n) is 2.46. The van der Waals surface area contributed by atoms with E-state index in [2.05, 4.69) is 5.32 Å². The largest absolute Gasteiger partial charge is 0.497 e. The van der Waals surface area contributed by atoms with E-state index in [9.17, 15) is 9.90 Å². The van der Waals surface area contributed by atoms with Gasteiger partial charge >= 0.3 is 0 Å². The van der Waals surface area contributed by atoms with Crippen LogP contribution in [0.3, 0.4) is 0 Å². The van der Waals surface area contributed by atoms with E-state index in [-0.39, 0.29) is 18.4 Å². The lowest BCUT2D eigenvalue weighted by Gasteiger charge is -2.24. The number of ether oxygens (including phenoxy) is 1. The average molecular weight is 333 g/mol. The van der Waals surface area contributed by atoms with Gasteiger partial charge in [0.25, 0.3) is 0 Å². The monoisotopic (exact) mass is 333 g/mol. The van der Waals surface area contributed by atoms with Gasteiger partial charge < -0.3 is 15.2 Å². The van der Waals surface area contributed by atoms with Gasteiger partial charge in [-0.3, -0.25) is 4.79 Å². The van der Waals surface area contributed by atoms with Crippen LogP contribution in [-0.2, 0) is 10.4 Å². The van der Waals surface area contributed by atoms with E-state index < -0.39 is 5.60 Å². The summed E-state index contributed by atoms with van der Waals surface area (Å²) in [7, 11) is 1.62. The Hall–Kier alpha value is -1.85. The van der Waals surface area contributed by atoms with E-state index in [1.54, 1.807) is 14.0 Å². The molecule has 0 fully saturated rings. The standard InChI is InChI=1S/C18H23NO3S/c1-4-15(13-7-9-14(22-3)10-8-13)17(20)19-12-18(2,21)16-6-5-11-23-16/h5-11,15,21H,4,12H2,1-3H3,(H,19,20). The first-order chi connectivity index (χ1) is 11.0. The Morgan fingerprint density at radius 2 is 2.04 bits per heavy atom. The smallest absolute Gasteiger partial charge is 0.227 e. The molecule has 5 heteroatoms. The van der Waals surface area contributed by atoms with Gasteiger partial charge in [0.2, 0.25) is 5.91 Å². The van der Waals surface area contributed by atoms with E-state index in [4.69, 9.17) is 4.74 Å². The van der Waals surface area contributed by atoms with Gasteiger partial charge in [-0.05, 0) is 42.5 Å². The van der Waals surface area contributed by atoms with Crippen LogP contribution in [-0.4, -0.2) is 24.7 Å². The lowest BCUT2D eigenvalue weighted by Crippen LogP contribution is -2.40. The number of methoxy groups -OCH3 is 1. The first kappa shape index (κ1) is 17.5. The van der Waals surface area contributed by atoms with E-state index in [1.807, 2.05) is 48.7 Å². The molecule has 0 saturated carbocycles. The normalized spacial score (nSPS) is 14.8. The number of thiophene rings is 1. The molecule has 0 bridgehead atoms. The van der Waals surface area contributed by atoms with Crippen molar-refractivity contribution in [1.29, 1.82) is 0 Å². The zero-order valence-corrected chi connectivity index (χ0v) is 14.5. The highest BCUT2D eigenvalue weighted by atomic mass is 32.1. The summed E-state index contributed by atoms with van der Waals surface area (Å²) in [6.07, 6.45) is 0.694. The minimum Gasteiger partial charge on any atom is -0.497 e. The highest BCUT2D eigenvalue weighted by Crippen LogP contribution is 2.26. The molecule has 1 aromatic heterocycles. The summed E-state index contributed by atoms with van der Waals surface area (Å²) in [4.78, 5) is 13.3. The van der Waals surface area contributed by atoms with Crippen LogP contribution in [0.25, 0.3) is 0 Å². The van der Waals surface area contributed by atoms with E-state index >= 15 is 0 Å². The minimum atomic E-state index is -1.05. The Balaban J connectivity index is 2.02. The van der Waals surface area contributed by atoms with Gasteiger partial charge in [0.05, 0.1) is 19.6 Å². The summed E-state index contributed by atoms with van der Waals surface area (Å²) in [5, 5.41) is 15.3. The van der Waals surface area contributed by atoms with Gasteiger partial charge in [-0.2, -0.15) is 0 Å². The molecular formula is C18H23NO3S. The summed E-state index contributed by atoms with van der Waals surface area (Å²) in [6, 6.07) is 11.3. The number of amides is 1. The topological polar surface area (TPSA) is 58.6 Å². The van der Waals surface area contributed by atoms with Crippen molar-refractivity contribution in [2.24, 2.45) is 0 Å². The first-order valence-electron chi connectivity index (χ1n) is 7.66. The number of carbonyl (C=O) groups excluding carboxylic acids is 1. The molecule has 0 aliphatic carbocycles. The molecule has 1 heterocycles. The highest BCUT2D eigenvalue weighted by molar-refractivity contribution is 7.10. The Labute approximate surface area is 141 Å². The third kappa shape index (κ3) is 4.33. The molecule has 1 amide bonds. The molecule has 0 spiro atoms. The quantitative estimate of drug-likeness (QED) is 0.817. The Morgan fingerprint density at radius 3 is 2.57 bits per heavy atom. The molecule has 2 rings (SSSR count). The predicted molar refractivity (Wildman–Crippen MR) is 92.9 cm³/mol. The lowest BCUT2D eigenvalue weighted by molar-refractivity contribution is -0.123. The van der Waals surface area contributed by atoms with Crippen molar-refractivity contribution in [3.8, 4) is 5.75 Å². The third-order valence-corrected chi connectivity index (χ3v) is 5.02. The molecule has 2 unspecified atom stereocenters. The van der Waals surface area contributed by atoms with Crippen LogP contribution in [0.4, 0.5) is 0 Å². The second-order valence-corrected chi connectivity index (χ2v) is 6.65. The van der Waals surface area contributed by atoms with Crippen LogP contribution in [0.2, 0.25) is 0 Å². The number of hydrogen-bond acceptors (Lipinski definition) is 4. The van der Waals surface area contributed by atoms with Gasteiger partial charge in [0, 0.05) is 4.88 Å². The maximum Gasteiger partial charge on any atom is 0.227 e. The number of benzene rings is 1. The first-order valence-corrected chi connectivity index (χ1v) is 8.54. The maximum absolute atomic E-state index is 12.5.